The second kappa shape index (κ2) is 9.90. The van der Waals surface area contributed by atoms with Crippen molar-refractivity contribution in [2.45, 2.75) is 18.0 Å². The number of carbonyl (C=O) groups excluding carboxylic acids is 3. The van der Waals surface area contributed by atoms with Crippen molar-refractivity contribution < 1.29 is 36.4 Å². The van der Waals surface area contributed by atoms with Crippen molar-refractivity contribution in [2.75, 3.05) is 16.4 Å². The normalized spacial score (nSPS) is 11.2. The molecule has 11 heteroatoms. The van der Waals surface area contributed by atoms with E-state index in [0.717, 1.165) is 23.9 Å². The highest BCUT2D eigenvalue weighted by Gasteiger charge is 2.34. The molecule has 33 heavy (non-hydrogen) atoms. The Kier molecular flexibility index (Phi) is 7.22. The Morgan fingerprint density at radius 1 is 1.03 bits per heavy atom. The van der Waals surface area contributed by atoms with Crippen LogP contribution in [0.2, 0.25) is 0 Å². The van der Waals surface area contributed by atoms with Crippen LogP contribution in [0.1, 0.15) is 33.4 Å². The van der Waals surface area contributed by atoms with E-state index in [0.29, 0.717) is 6.07 Å². The molecule has 0 saturated carbocycles. The average Bonchev–Trinajstić information content (AvgIpc) is 3.28. The number of thioether (sulfide) groups is 1. The van der Waals surface area contributed by atoms with Gasteiger partial charge in [0.25, 0.3) is 5.91 Å². The van der Waals surface area contributed by atoms with Gasteiger partial charge >= 0.3 is 6.18 Å². The maximum absolute atomic E-state index is 14.1. The van der Waals surface area contributed by atoms with Crippen LogP contribution in [0.3, 0.4) is 0 Å². The Labute approximate surface area is 189 Å². The van der Waals surface area contributed by atoms with Crippen LogP contribution in [0.25, 0.3) is 0 Å². The van der Waals surface area contributed by atoms with Crippen LogP contribution in [0.15, 0.2) is 64.1 Å². The fourth-order valence-corrected chi connectivity index (χ4v) is 3.45. The lowest BCUT2D eigenvalue weighted by atomic mass is 10.1. The number of halogens is 4. The highest BCUT2D eigenvalue weighted by molar-refractivity contribution is 8.00. The highest BCUT2D eigenvalue weighted by Crippen LogP contribution is 2.37. The molecule has 1 aromatic heterocycles. The number of nitrogens with one attached hydrogen (secondary N) is 2. The molecule has 3 aromatic rings. The molecule has 1 heterocycles. The van der Waals surface area contributed by atoms with Gasteiger partial charge in [0, 0.05) is 16.1 Å². The third-order valence-electron chi connectivity index (χ3n) is 4.30. The zero-order chi connectivity index (χ0) is 24.2. The van der Waals surface area contributed by atoms with Crippen LogP contribution in [0.4, 0.5) is 28.9 Å². The van der Waals surface area contributed by atoms with Crippen molar-refractivity contribution in [3.8, 4) is 0 Å². The molecule has 0 aliphatic heterocycles. The lowest BCUT2D eigenvalue weighted by molar-refractivity contribution is -0.136. The molecule has 2 aromatic carbocycles. The van der Waals surface area contributed by atoms with Crippen molar-refractivity contribution in [3.63, 3.8) is 0 Å². The van der Waals surface area contributed by atoms with Gasteiger partial charge in [0.15, 0.2) is 11.5 Å². The van der Waals surface area contributed by atoms with Gasteiger partial charge < -0.3 is 15.1 Å². The van der Waals surface area contributed by atoms with Crippen LogP contribution in [-0.4, -0.2) is 23.4 Å². The maximum Gasteiger partial charge on any atom is 0.418 e. The Bertz CT molecular complexity index is 1190. The maximum atomic E-state index is 14.1. The minimum atomic E-state index is -4.82. The van der Waals surface area contributed by atoms with E-state index in [1.807, 2.05) is 0 Å². The molecule has 0 fully saturated rings. The minimum absolute atomic E-state index is 0.0715. The second-order valence-corrected chi connectivity index (χ2v) is 7.74. The number of ketones is 1. The van der Waals surface area contributed by atoms with Crippen molar-refractivity contribution >= 4 is 40.7 Å². The summed E-state index contributed by atoms with van der Waals surface area (Å²) in [5.41, 5.74) is -1.68. The molecule has 0 radical (unpaired) electrons. The molecule has 0 aliphatic rings. The predicted molar refractivity (Wildman–Crippen MR) is 114 cm³/mol. The van der Waals surface area contributed by atoms with Gasteiger partial charge in [-0.1, -0.05) is 6.07 Å². The van der Waals surface area contributed by atoms with Gasteiger partial charge in [0.05, 0.1) is 23.3 Å². The molecule has 3 rings (SSSR count). The minimum Gasteiger partial charge on any atom is -0.459 e. The number of Topliss-reactive ketones (excluding diaryl/α,β-unsaturated/α-hetero) is 1. The number of rotatable bonds is 7. The SMILES string of the molecule is CC(=O)c1ccc(SCC(=O)Nc2ccc(NC(=O)c3ccco3)cc2C(F)(F)F)c(F)c1. The van der Waals surface area contributed by atoms with Gasteiger partial charge in [-0.05, 0) is 49.4 Å². The fraction of sp³-hybridized carbons (Fsp3) is 0.136. The molecular weight excluding hydrogens is 464 g/mol. The summed E-state index contributed by atoms with van der Waals surface area (Å²) >= 11 is 0.771. The Hall–Kier alpha value is -3.60. The molecule has 2 amide bonds. The molecule has 6 nitrogen and oxygen atoms in total. The van der Waals surface area contributed by atoms with Gasteiger partial charge in [0.1, 0.15) is 5.82 Å². The number of alkyl halides is 3. The Morgan fingerprint density at radius 3 is 2.39 bits per heavy atom. The molecule has 0 aliphatic carbocycles. The van der Waals surface area contributed by atoms with Crippen LogP contribution >= 0.6 is 11.8 Å². The zero-order valence-electron chi connectivity index (χ0n) is 17.0. The van der Waals surface area contributed by atoms with E-state index in [1.165, 1.54) is 43.5 Å². The number of amides is 2. The third kappa shape index (κ3) is 6.22. The molecule has 0 atom stereocenters. The molecule has 172 valence electrons. The monoisotopic (exact) mass is 480 g/mol. The first-order valence-corrected chi connectivity index (χ1v) is 10.3. The summed E-state index contributed by atoms with van der Waals surface area (Å²) in [6, 6.07) is 9.43. The van der Waals surface area contributed by atoms with Crippen LogP contribution in [0.5, 0.6) is 0 Å². The first kappa shape index (κ1) is 24.1. The van der Waals surface area contributed by atoms with Gasteiger partial charge in [-0.25, -0.2) is 4.39 Å². The quantitative estimate of drug-likeness (QED) is 0.260. The van der Waals surface area contributed by atoms with E-state index in [-0.39, 0.29) is 33.4 Å². The summed E-state index contributed by atoms with van der Waals surface area (Å²) in [6.45, 7) is 1.28. The van der Waals surface area contributed by atoms with E-state index < -0.39 is 35.1 Å². The lowest BCUT2D eigenvalue weighted by Crippen LogP contribution is -2.19. The van der Waals surface area contributed by atoms with Gasteiger partial charge in [-0.2, -0.15) is 13.2 Å². The smallest absolute Gasteiger partial charge is 0.418 e. The third-order valence-corrected chi connectivity index (χ3v) is 5.35. The fourth-order valence-electron chi connectivity index (χ4n) is 2.73. The van der Waals surface area contributed by atoms with Gasteiger partial charge in [-0.3, -0.25) is 14.4 Å². The first-order valence-electron chi connectivity index (χ1n) is 9.34. The molecule has 0 spiro atoms. The first-order chi connectivity index (χ1) is 15.5. The number of furan rings is 1. The summed E-state index contributed by atoms with van der Waals surface area (Å²) < 4.78 is 59.6. The lowest BCUT2D eigenvalue weighted by Gasteiger charge is -2.15. The number of hydrogen-bond donors (Lipinski definition) is 2. The number of hydrogen-bond acceptors (Lipinski definition) is 5. The van der Waals surface area contributed by atoms with Crippen LogP contribution in [-0.2, 0) is 11.0 Å². The van der Waals surface area contributed by atoms with Gasteiger partial charge in [0.2, 0.25) is 5.91 Å². The van der Waals surface area contributed by atoms with E-state index in [2.05, 4.69) is 10.6 Å². The summed E-state index contributed by atoms with van der Waals surface area (Å²) in [5.74, 6) is -3.03. The standard InChI is InChI=1S/C22H16F4N2O4S/c1-12(29)13-4-7-19(16(23)9-13)33-11-20(30)28-17-6-5-14(10-15(17)22(24,25)26)27-21(31)18-3-2-8-32-18/h2-10H,11H2,1H3,(H,27,31)(H,28,30). The highest BCUT2D eigenvalue weighted by atomic mass is 32.2. The van der Waals surface area contributed by atoms with Gasteiger partial charge in [-0.15, -0.1) is 11.8 Å². The Morgan fingerprint density at radius 2 is 1.79 bits per heavy atom. The van der Waals surface area contributed by atoms with Crippen molar-refractivity contribution in [3.05, 3.63) is 77.5 Å². The van der Waals surface area contributed by atoms with E-state index in [1.54, 1.807) is 0 Å². The van der Waals surface area contributed by atoms with Crippen molar-refractivity contribution in [1.82, 2.24) is 0 Å². The van der Waals surface area contributed by atoms with E-state index >= 15 is 0 Å². The average molecular weight is 480 g/mol. The summed E-state index contributed by atoms with van der Waals surface area (Å²) in [5, 5.41) is 4.44. The van der Waals surface area contributed by atoms with Crippen molar-refractivity contribution in [1.29, 1.82) is 0 Å². The Balaban J connectivity index is 1.71. The summed E-state index contributed by atoms with van der Waals surface area (Å²) in [6.07, 6.45) is -3.58. The summed E-state index contributed by atoms with van der Waals surface area (Å²) in [7, 11) is 0. The van der Waals surface area contributed by atoms with E-state index in [4.69, 9.17) is 4.42 Å². The number of carbonyl (C=O) groups is 3. The van der Waals surface area contributed by atoms with Crippen molar-refractivity contribution in [2.24, 2.45) is 0 Å². The predicted octanol–water partition coefficient (Wildman–Crippen LogP) is 5.62. The molecule has 0 bridgehead atoms. The molecule has 2 N–H and O–H groups in total. The molecule has 0 saturated heterocycles. The second-order valence-electron chi connectivity index (χ2n) is 6.73. The van der Waals surface area contributed by atoms with Crippen LogP contribution < -0.4 is 10.6 Å². The topological polar surface area (TPSA) is 88.4 Å². The molecular formula is C22H16F4N2O4S. The zero-order valence-corrected chi connectivity index (χ0v) is 17.8. The van der Waals surface area contributed by atoms with Crippen LogP contribution in [0, 0.1) is 5.82 Å². The number of benzene rings is 2. The largest absolute Gasteiger partial charge is 0.459 e. The number of anilines is 2. The van der Waals surface area contributed by atoms with E-state index in [9.17, 15) is 31.9 Å². The summed E-state index contributed by atoms with van der Waals surface area (Å²) in [4.78, 5) is 35.6. The molecule has 0 unspecified atom stereocenters.